The summed E-state index contributed by atoms with van der Waals surface area (Å²) >= 11 is 0. The van der Waals surface area contributed by atoms with Gasteiger partial charge in [0.1, 0.15) is 0 Å². The van der Waals surface area contributed by atoms with Crippen LogP contribution in [0.15, 0.2) is 24.3 Å². The van der Waals surface area contributed by atoms with E-state index in [1.807, 2.05) is 0 Å². The third-order valence-electron chi connectivity index (χ3n) is 4.13. The molecule has 1 N–H and O–H groups in total. The number of methoxy groups -OCH3 is 1. The lowest BCUT2D eigenvalue weighted by Gasteiger charge is -2.32. The summed E-state index contributed by atoms with van der Waals surface area (Å²) in [5, 5.41) is 3.45. The Labute approximate surface area is 116 Å². The van der Waals surface area contributed by atoms with E-state index in [2.05, 4.69) is 48.5 Å². The maximum atomic E-state index is 5.23. The van der Waals surface area contributed by atoms with Crippen LogP contribution in [0.4, 0.5) is 5.69 Å². The van der Waals surface area contributed by atoms with Crippen LogP contribution < -0.4 is 10.2 Å². The standard InChI is InChI=1S/C16H26N2O/c1-13(10-12-19-3)18-11-6-8-15(17-2)14-7-4-5-9-16(14)18/h4-5,7,9,13,15,17H,6,8,10-12H2,1-3H3. The number of hydrogen-bond donors (Lipinski definition) is 1. The lowest BCUT2D eigenvalue weighted by atomic mass is 10.0. The molecule has 0 saturated heterocycles. The van der Waals surface area contributed by atoms with E-state index in [1.165, 1.54) is 24.1 Å². The number of rotatable bonds is 5. The van der Waals surface area contributed by atoms with E-state index >= 15 is 0 Å². The Morgan fingerprint density at radius 3 is 2.95 bits per heavy atom. The van der Waals surface area contributed by atoms with Crippen molar-refractivity contribution in [1.82, 2.24) is 5.32 Å². The fourth-order valence-electron chi connectivity index (χ4n) is 2.99. The monoisotopic (exact) mass is 262 g/mol. The molecule has 3 heteroatoms. The summed E-state index contributed by atoms with van der Waals surface area (Å²) in [5.41, 5.74) is 2.83. The second-order valence-corrected chi connectivity index (χ2v) is 5.37. The predicted octanol–water partition coefficient (Wildman–Crippen LogP) is 2.97. The number of nitrogens with zero attached hydrogens (tertiary/aromatic N) is 1. The molecule has 0 radical (unpaired) electrons. The molecule has 2 atom stereocenters. The number of benzene rings is 1. The molecule has 1 aromatic carbocycles. The zero-order chi connectivity index (χ0) is 13.7. The Balaban J connectivity index is 2.24. The molecule has 106 valence electrons. The molecule has 2 unspecified atom stereocenters. The van der Waals surface area contributed by atoms with Gasteiger partial charge in [-0.05, 0) is 44.9 Å². The predicted molar refractivity (Wildman–Crippen MR) is 80.8 cm³/mol. The highest BCUT2D eigenvalue weighted by molar-refractivity contribution is 5.56. The van der Waals surface area contributed by atoms with Crippen molar-refractivity contribution in [2.24, 2.45) is 0 Å². The molecule has 1 aliphatic rings. The van der Waals surface area contributed by atoms with Gasteiger partial charge in [0.25, 0.3) is 0 Å². The van der Waals surface area contributed by atoms with E-state index in [-0.39, 0.29) is 0 Å². The molecule has 0 aromatic heterocycles. The van der Waals surface area contributed by atoms with Crippen LogP contribution in [0.3, 0.4) is 0 Å². The van der Waals surface area contributed by atoms with Gasteiger partial charge in [0.05, 0.1) is 0 Å². The summed E-state index contributed by atoms with van der Waals surface area (Å²) in [6.07, 6.45) is 3.52. The number of anilines is 1. The second kappa shape index (κ2) is 6.92. The minimum Gasteiger partial charge on any atom is -0.385 e. The highest BCUT2D eigenvalue weighted by Gasteiger charge is 2.24. The fraction of sp³-hybridized carbons (Fsp3) is 0.625. The molecule has 0 fully saturated rings. The lowest BCUT2D eigenvalue weighted by Crippen LogP contribution is -2.34. The van der Waals surface area contributed by atoms with E-state index in [0.29, 0.717) is 12.1 Å². The summed E-state index contributed by atoms with van der Waals surface area (Å²) in [4.78, 5) is 2.55. The molecule has 0 saturated carbocycles. The minimum atomic E-state index is 0.482. The Hall–Kier alpha value is -1.06. The highest BCUT2D eigenvalue weighted by atomic mass is 16.5. The van der Waals surface area contributed by atoms with Crippen LogP contribution in [0.25, 0.3) is 0 Å². The average molecular weight is 262 g/mol. The Bertz CT molecular complexity index is 394. The van der Waals surface area contributed by atoms with Crippen molar-refractivity contribution < 1.29 is 4.74 Å². The van der Waals surface area contributed by atoms with Gasteiger partial charge in [-0.1, -0.05) is 18.2 Å². The molecule has 1 aliphatic heterocycles. The third kappa shape index (κ3) is 3.28. The zero-order valence-electron chi connectivity index (χ0n) is 12.4. The van der Waals surface area contributed by atoms with Gasteiger partial charge in [0, 0.05) is 38.0 Å². The van der Waals surface area contributed by atoms with Crippen molar-refractivity contribution in [3.8, 4) is 0 Å². The summed E-state index contributed by atoms with van der Waals surface area (Å²) in [7, 11) is 3.84. The van der Waals surface area contributed by atoms with E-state index in [1.54, 1.807) is 7.11 Å². The minimum absolute atomic E-state index is 0.482. The largest absolute Gasteiger partial charge is 0.385 e. The van der Waals surface area contributed by atoms with Crippen LogP contribution >= 0.6 is 0 Å². The maximum absolute atomic E-state index is 5.23. The average Bonchev–Trinajstić information content (AvgIpc) is 2.64. The molecule has 0 spiro atoms. The molecule has 1 aromatic rings. The molecule has 0 bridgehead atoms. The number of ether oxygens (including phenoxy) is 1. The van der Waals surface area contributed by atoms with Gasteiger partial charge in [0.2, 0.25) is 0 Å². The first-order valence-corrected chi connectivity index (χ1v) is 7.29. The van der Waals surface area contributed by atoms with Gasteiger partial charge < -0.3 is 15.0 Å². The first-order valence-electron chi connectivity index (χ1n) is 7.29. The molecule has 3 nitrogen and oxygen atoms in total. The quantitative estimate of drug-likeness (QED) is 0.883. The lowest BCUT2D eigenvalue weighted by molar-refractivity contribution is 0.188. The van der Waals surface area contributed by atoms with Gasteiger partial charge >= 0.3 is 0 Å². The third-order valence-corrected chi connectivity index (χ3v) is 4.13. The summed E-state index contributed by atoms with van der Waals surface area (Å²) < 4.78 is 5.23. The van der Waals surface area contributed by atoms with Crippen LogP contribution in [0, 0.1) is 0 Å². The molecule has 0 amide bonds. The van der Waals surface area contributed by atoms with Gasteiger partial charge in [-0.25, -0.2) is 0 Å². The Kier molecular flexibility index (Phi) is 5.23. The molecular weight excluding hydrogens is 236 g/mol. The molecule has 0 aliphatic carbocycles. The van der Waals surface area contributed by atoms with Crippen LogP contribution in [0.5, 0.6) is 0 Å². The Morgan fingerprint density at radius 1 is 1.42 bits per heavy atom. The summed E-state index contributed by atoms with van der Waals surface area (Å²) in [5.74, 6) is 0. The van der Waals surface area contributed by atoms with Gasteiger partial charge in [-0.15, -0.1) is 0 Å². The fourth-order valence-corrected chi connectivity index (χ4v) is 2.99. The Morgan fingerprint density at radius 2 is 2.21 bits per heavy atom. The van der Waals surface area contributed by atoms with E-state index in [4.69, 9.17) is 4.74 Å². The van der Waals surface area contributed by atoms with Crippen molar-refractivity contribution in [3.63, 3.8) is 0 Å². The van der Waals surface area contributed by atoms with E-state index in [9.17, 15) is 0 Å². The van der Waals surface area contributed by atoms with Crippen LogP contribution in [0.1, 0.15) is 37.8 Å². The van der Waals surface area contributed by atoms with Gasteiger partial charge in [-0.3, -0.25) is 0 Å². The SMILES string of the molecule is CNC1CCCN(C(C)CCOC)c2ccccc21. The number of nitrogens with one attached hydrogen (secondary N) is 1. The maximum Gasteiger partial charge on any atom is 0.0481 e. The van der Waals surface area contributed by atoms with Crippen LogP contribution in [-0.4, -0.2) is 33.4 Å². The number of hydrogen-bond acceptors (Lipinski definition) is 3. The van der Waals surface area contributed by atoms with Crippen molar-refractivity contribution >= 4 is 5.69 Å². The zero-order valence-corrected chi connectivity index (χ0v) is 12.4. The van der Waals surface area contributed by atoms with Crippen molar-refractivity contribution in [1.29, 1.82) is 0 Å². The van der Waals surface area contributed by atoms with E-state index < -0.39 is 0 Å². The first-order chi connectivity index (χ1) is 9.27. The van der Waals surface area contributed by atoms with Crippen LogP contribution in [0.2, 0.25) is 0 Å². The van der Waals surface area contributed by atoms with Gasteiger partial charge in [-0.2, -0.15) is 0 Å². The number of para-hydroxylation sites is 1. The number of fused-ring (bicyclic) bond motifs is 1. The van der Waals surface area contributed by atoms with Crippen molar-refractivity contribution in [2.45, 2.75) is 38.3 Å². The van der Waals surface area contributed by atoms with E-state index in [0.717, 1.165) is 19.6 Å². The van der Waals surface area contributed by atoms with Crippen molar-refractivity contribution in [2.75, 3.05) is 32.2 Å². The van der Waals surface area contributed by atoms with Crippen LogP contribution in [-0.2, 0) is 4.74 Å². The molecule has 19 heavy (non-hydrogen) atoms. The summed E-state index contributed by atoms with van der Waals surface area (Å²) in [6.45, 7) is 4.27. The molecular formula is C16H26N2O. The van der Waals surface area contributed by atoms with Gasteiger partial charge in [0.15, 0.2) is 0 Å². The highest BCUT2D eigenvalue weighted by Crippen LogP contribution is 2.34. The topological polar surface area (TPSA) is 24.5 Å². The molecule has 2 rings (SSSR count). The second-order valence-electron chi connectivity index (χ2n) is 5.37. The van der Waals surface area contributed by atoms with Crippen molar-refractivity contribution in [3.05, 3.63) is 29.8 Å². The first kappa shape index (κ1) is 14.4. The summed E-state index contributed by atoms with van der Waals surface area (Å²) in [6, 6.07) is 9.82. The smallest absolute Gasteiger partial charge is 0.0481 e. The normalized spacial score (nSPS) is 20.8. The molecule has 1 heterocycles.